The van der Waals surface area contributed by atoms with Crippen LogP contribution in [0.2, 0.25) is 0 Å². The van der Waals surface area contributed by atoms with E-state index < -0.39 is 60.6 Å². The molecule has 0 saturated carbocycles. The molecular weight excluding hydrogens is 476 g/mol. The van der Waals surface area contributed by atoms with Gasteiger partial charge in [-0.15, -0.1) is 0 Å². The maximum absolute atomic E-state index is 12.8. The van der Waals surface area contributed by atoms with Crippen LogP contribution in [-0.2, 0) is 30.3 Å². The Labute approximate surface area is 209 Å². The summed E-state index contributed by atoms with van der Waals surface area (Å²) in [5, 5.41) is 19.0. The Balaban J connectivity index is 2.70. The molecule has 0 bridgehead atoms. The molecule has 0 spiro atoms. The van der Waals surface area contributed by atoms with Crippen LogP contribution < -0.4 is 21.3 Å². The maximum atomic E-state index is 12.8. The maximum Gasteiger partial charge on any atom is 0.408 e. The minimum absolute atomic E-state index is 0.126. The first kappa shape index (κ1) is 29.8. The van der Waals surface area contributed by atoms with Crippen molar-refractivity contribution in [3.63, 3.8) is 0 Å². The first-order chi connectivity index (χ1) is 16.4. The van der Waals surface area contributed by atoms with Crippen LogP contribution >= 0.6 is 11.8 Å². The Morgan fingerprint density at radius 2 is 1.57 bits per heavy atom. The van der Waals surface area contributed by atoms with E-state index in [2.05, 4.69) is 21.3 Å². The van der Waals surface area contributed by atoms with Crippen molar-refractivity contribution >= 4 is 41.5 Å². The lowest BCUT2D eigenvalue weighted by atomic mass is 10.0. The van der Waals surface area contributed by atoms with Crippen molar-refractivity contribution in [3.05, 3.63) is 35.9 Å². The van der Waals surface area contributed by atoms with Crippen LogP contribution in [0, 0.1) is 0 Å². The number of thioether (sulfide) groups is 1. The molecule has 194 valence electrons. The second-order valence-electron chi connectivity index (χ2n) is 8.62. The lowest BCUT2D eigenvalue weighted by molar-refractivity contribution is -0.142. The molecular formula is C23H34N4O7S. The highest BCUT2D eigenvalue weighted by Gasteiger charge is 2.26. The van der Waals surface area contributed by atoms with E-state index in [1.165, 1.54) is 11.8 Å². The standard InChI is InChI=1S/C23H34N4O7S/c1-23(2,3)34-22(33)25-13-18(28)24-14-19(29)26-17(12-15-8-6-5-7-9-15)20(30)27-16(21(31)32)10-11-35-4/h5-9,16-17H,10-14H2,1-4H3,(H,24,28)(H,25,33)(H,26,29)(H,27,30)(H,31,32)/t16-,17-/m0/s1. The van der Waals surface area contributed by atoms with Gasteiger partial charge in [-0.05, 0) is 44.8 Å². The van der Waals surface area contributed by atoms with E-state index in [4.69, 9.17) is 4.74 Å². The fraction of sp³-hybridized carbons (Fsp3) is 0.522. The van der Waals surface area contributed by atoms with Gasteiger partial charge in [-0.25, -0.2) is 9.59 Å². The lowest BCUT2D eigenvalue weighted by Gasteiger charge is -2.22. The molecule has 5 N–H and O–H groups in total. The van der Waals surface area contributed by atoms with Gasteiger partial charge in [-0.1, -0.05) is 30.3 Å². The fourth-order valence-electron chi connectivity index (χ4n) is 2.78. The molecule has 0 unspecified atom stereocenters. The zero-order valence-electron chi connectivity index (χ0n) is 20.4. The molecule has 1 rings (SSSR count). The van der Waals surface area contributed by atoms with Crippen LogP contribution in [0.4, 0.5) is 4.79 Å². The molecule has 0 radical (unpaired) electrons. The summed E-state index contributed by atoms with van der Waals surface area (Å²) in [5.41, 5.74) is 0.0404. The van der Waals surface area contributed by atoms with Crippen molar-refractivity contribution in [1.82, 2.24) is 21.3 Å². The van der Waals surface area contributed by atoms with E-state index in [1.807, 2.05) is 6.26 Å². The molecule has 1 aromatic rings. The summed E-state index contributed by atoms with van der Waals surface area (Å²) < 4.78 is 5.03. The number of ether oxygens (including phenoxy) is 1. The zero-order valence-corrected chi connectivity index (χ0v) is 21.2. The van der Waals surface area contributed by atoms with Crippen LogP contribution in [0.1, 0.15) is 32.8 Å². The summed E-state index contributed by atoms with van der Waals surface area (Å²) in [6, 6.07) is 6.77. The van der Waals surface area contributed by atoms with Gasteiger partial charge in [0.1, 0.15) is 24.2 Å². The molecule has 35 heavy (non-hydrogen) atoms. The number of alkyl carbamates (subject to hydrolysis) is 1. The predicted octanol–water partition coefficient (Wildman–Crippen LogP) is 0.677. The highest BCUT2D eigenvalue weighted by atomic mass is 32.2. The van der Waals surface area contributed by atoms with E-state index in [9.17, 15) is 29.1 Å². The Bertz CT molecular complexity index is 874. The van der Waals surface area contributed by atoms with E-state index in [0.29, 0.717) is 5.75 Å². The first-order valence-corrected chi connectivity index (χ1v) is 12.4. The van der Waals surface area contributed by atoms with Gasteiger partial charge in [-0.3, -0.25) is 14.4 Å². The Morgan fingerprint density at radius 3 is 2.14 bits per heavy atom. The number of aliphatic carboxylic acids is 1. The fourth-order valence-corrected chi connectivity index (χ4v) is 3.25. The average Bonchev–Trinajstić information content (AvgIpc) is 2.77. The van der Waals surface area contributed by atoms with Crippen molar-refractivity contribution in [2.45, 2.75) is 51.3 Å². The molecule has 12 heteroatoms. The van der Waals surface area contributed by atoms with Crippen LogP contribution in [-0.4, -0.2) is 77.7 Å². The van der Waals surface area contributed by atoms with Gasteiger partial charge >= 0.3 is 12.1 Å². The molecule has 0 heterocycles. The Hall–Kier alpha value is -3.28. The first-order valence-electron chi connectivity index (χ1n) is 11.0. The molecule has 0 fully saturated rings. The smallest absolute Gasteiger partial charge is 0.408 e. The van der Waals surface area contributed by atoms with E-state index >= 15 is 0 Å². The number of carboxylic acids is 1. The minimum Gasteiger partial charge on any atom is -0.480 e. The number of rotatable bonds is 13. The highest BCUT2D eigenvalue weighted by Crippen LogP contribution is 2.07. The summed E-state index contributed by atoms with van der Waals surface area (Å²) in [7, 11) is 0. The van der Waals surface area contributed by atoms with Gasteiger partial charge in [0, 0.05) is 6.42 Å². The summed E-state index contributed by atoms with van der Waals surface area (Å²) >= 11 is 1.45. The number of benzene rings is 1. The molecule has 0 aromatic heterocycles. The number of nitrogens with one attached hydrogen (secondary N) is 4. The highest BCUT2D eigenvalue weighted by molar-refractivity contribution is 7.98. The number of hydrogen-bond donors (Lipinski definition) is 5. The summed E-state index contributed by atoms with van der Waals surface area (Å²) in [4.78, 5) is 60.3. The van der Waals surface area contributed by atoms with Crippen molar-refractivity contribution < 1.29 is 33.8 Å². The van der Waals surface area contributed by atoms with Crippen LogP contribution in [0.5, 0.6) is 0 Å². The van der Waals surface area contributed by atoms with Gasteiger partial charge in [0.15, 0.2) is 0 Å². The molecule has 4 amide bonds. The third-order valence-corrected chi connectivity index (χ3v) is 5.04. The second-order valence-corrected chi connectivity index (χ2v) is 9.61. The molecule has 0 saturated heterocycles. The predicted molar refractivity (Wildman–Crippen MR) is 132 cm³/mol. The molecule has 0 aliphatic carbocycles. The van der Waals surface area contributed by atoms with E-state index in [1.54, 1.807) is 51.1 Å². The van der Waals surface area contributed by atoms with Crippen molar-refractivity contribution in [3.8, 4) is 0 Å². The van der Waals surface area contributed by atoms with E-state index in [0.717, 1.165) is 5.56 Å². The SMILES string of the molecule is CSCC[C@H](NC(=O)[C@H](Cc1ccccc1)NC(=O)CNC(=O)CNC(=O)OC(C)(C)C)C(=O)O. The number of carbonyl (C=O) groups excluding carboxylic acids is 4. The topological polar surface area (TPSA) is 163 Å². The van der Waals surface area contributed by atoms with Crippen molar-refractivity contribution in [2.24, 2.45) is 0 Å². The van der Waals surface area contributed by atoms with Crippen LogP contribution in [0.25, 0.3) is 0 Å². The molecule has 1 aromatic carbocycles. The van der Waals surface area contributed by atoms with Crippen molar-refractivity contribution in [1.29, 1.82) is 0 Å². The van der Waals surface area contributed by atoms with Gasteiger partial charge in [0.2, 0.25) is 17.7 Å². The summed E-state index contributed by atoms with van der Waals surface area (Å²) in [6.07, 6.45) is 1.42. The Morgan fingerprint density at radius 1 is 0.943 bits per heavy atom. The Kier molecular flexibility index (Phi) is 12.6. The van der Waals surface area contributed by atoms with Crippen LogP contribution in [0.3, 0.4) is 0 Å². The summed E-state index contributed by atoms with van der Waals surface area (Å²) in [5.74, 6) is -2.55. The van der Waals surface area contributed by atoms with Gasteiger partial charge in [0.05, 0.1) is 6.54 Å². The van der Waals surface area contributed by atoms with Gasteiger partial charge in [0.25, 0.3) is 0 Å². The molecule has 2 atom stereocenters. The second kappa shape index (κ2) is 14.9. The molecule has 0 aliphatic heterocycles. The number of hydrogen-bond acceptors (Lipinski definition) is 7. The van der Waals surface area contributed by atoms with Crippen LogP contribution in [0.15, 0.2) is 30.3 Å². The normalized spacial score (nSPS) is 12.6. The zero-order chi connectivity index (χ0) is 26.4. The van der Waals surface area contributed by atoms with Gasteiger partial charge < -0.3 is 31.1 Å². The monoisotopic (exact) mass is 510 g/mol. The van der Waals surface area contributed by atoms with Crippen molar-refractivity contribution in [2.75, 3.05) is 25.1 Å². The minimum atomic E-state index is -1.16. The van der Waals surface area contributed by atoms with E-state index in [-0.39, 0.29) is 12.8 Å². The number of amides is 4. The lowest BCUT2D eigenvalue weighted by Crippen LogP contribution is -2.54. The molecule has 0 aliphatic rings. The molecule has 11 nitrogen and oxygen atoms in total. The third kappa shape index (κ3) is 13.3. The third-order valence-electron chi connectivity index (χ3n) is 4.40. The summed E-state index contributed by atoms with van der Waals surface area (Å²) in [6.45, 7) is 4.20. The average molecular weight is 511 g/mol. The largest absolute Gasteiger partial charge is 0.480 e. The number of carboxylic acid groups (broad SMARTS) is 1. The number of carbonyl (C=O) groups is 5. The van der Waals surface area contributed by atoms with Gasteiger partial charge in [-0.2, -0.15) is 11.8 Å². The quantitative estimate of drug-likeness (QED) is 0.259.